The highest BCUT2D eigenvalue weighted by molar-refractivity contribution is 7.91. The number of carboxylic acid groups (broad SMARTS) is 1. The summed E-state index contributed by atoms with van der Waals surface area (Å²) < 4.78 is 31.7. The number of pyridine rings is 1. The lowest BCUT2D eigenvalue weighted by atomic mass is 9.91. The van der Waals surface area contributed by atoms with Crippen LogP contribution in [0.5, 0.6) is 5.75 Å². The molecular formula is C22H28N2O5S. The van der Waals surface area contributed by atoms with Gasteiger partial charge in [0.25, 0.3) is 0 Å². The van der Waals surface area contributed by atoms with Crippen molar-refractivity contribution in [2.45, 2.75) is 55.5 Å². The standard InChI is InChI=1S/C22H28N2O5S/c1-3-4-13-29-19-5-7-20(8-6-19)30(27,28)21-15-18(9-11-23-21)24-12-10-17(22(25)26)14-16(24)2/h5-9,11,15-17H,3-4,10,12-14H2,1-2H3,(H,25,26). The molecule has 1 aromatic carbocycles. The van der Waals surface area contributed by atoms with E-state index in [0.29, 0.717) is 31.7 Å². The second kappa shape index (κ2) is 9.47. The maximum atomic E-state index is 13.1. The highest BCUT2D eigenvalue weighted by atomic mass is 32.2. The van der Waals surface area contributed by atoms with Crippen LogP contribution in [0.1, 0.15) is 39.5 Å². The van der Waals surface area contributed by atoms with E-state index in [1.807, 2.05) is 11.8 Å². The first kappa shape index (κ1) is 22.1. The number of nitrogens with zero attached hydrogens (tertiary/aromatic N) is 2. The number of hydrogen-bond donors (Lipinski definition) is 1. The number of unbranched alkanes of at least 4 members (excludes halogenated alkanes) is 1. The lowest BCUT2D eigenvalue weighted by Gasteiger charge is -2.38. The zero-order valence-electron chi connectivity index (χ0n) is 17.3. The van der Waals surface area contributed by atoms with Crippen molar-refractivity contribution in [3.05, 3.63) is 42.6 Å². The Balaban J connectivity index is 1.78. The Kier molecular flexibility index (Phi) is 6.97. The summed E-state index contributed by atoms with van der Waals surface area (Å²) in [7, 11) is -3.77. The second-order valence-electron chi connectivity index (χ2n) is 7.63. The number of ether oxygens (including phenoxy) is 1. The largest absolute Gasteiger partial charge is 0.494 e. The number of carboxylic acids is 1. The molecule has 0 amide bonds. The van der Waals surface area contributed by atoms with Crippen LogP contribution < -0.4 is 9.64 Å². The van der Waals surface area contributed by atoms with Gasteiger partial charge in [0.1, 0.15) is 5.75 Å². The highest BCUT2D eigenvalue weighted by Gasteiger charge is 2.30. The van der Waals surface area contributed by atoms with Gasteiger partial charge in [-0.2, -0.15) is 0 Å². The van der Waals surface area contributed by atoms with Gasteiger partial charge in [0.05, 0.1) is 17.4 Å². The van der Waals surface area contributed by atoms with Crippen molar-refractivity contribution in [2.75, 3.05) is 18.1 Å². The van der Waals surface area contributed by atoms with E-state index in [9.17, 15) is 18.3 Å². The van der Waals surface area contributed by atoms with Crippen molar-refractivity contribution in [1.82, 2.24) is 4.98 Å². The lowest BCUT2D eigenvalue weighted by Crippen LogP contribution is -2.42. The number of benzene rings is 1. The first-order valence-corrected chi connectivity index (χ1v) is 11.7. The van der Waals surface area contributed by atoms with Gasteiger partial charge in [-0.15, -0.1) is 0 Å². The quantitative estimate of drug-likeness (QED) is 0.634. The van der Waals surface area contributed by atoms with E-state index in [1.165, 1.54) is 18.3 Å². The minimum Gasteiger partial charge on any atom is -0.494 e. The predicted octanol–water partition coefficient (Wildman–Crippen LogP) is 3.78. The number of hydrogen-bond acceptors (Lipinski definition) is 6. The molecule has 1 aliphatic heterocycles. The Hall–Kier alpha value is -2.61. The van der Waals surface area contributed by atoms with Gasteiger partial charge >= 0.3 is 5.97 Å². The maximum Gasteiger partial charge on any atom is 0.306 e. The third kappa shape index (κ3) is 4.92. The van der Waals surface area contributed by atoms with Gasteiger partial charge in [-0.3, -0.25) is 4.79 Å². The van der Waals surface area contributed by atoms with Gasteiger partial charge in [-0.05, 0) is 62.6 Å². The minimum atomic E-state index is -3.77. The fourth-order valence-electron chi connectivity index (χ4n) is 3.67. The highest BCUT2D eigenvalue weighted by Crippen LogP contribution is 2.30. The normalized spacial score (nSPS) is 19.5. The van der Waals surface area contributed by atoms with Crippen molar-refractivity contribution in [3.63, 3.8) is 0 Å². The van der Waals surface area contributed by atoms with E-state index >= 15 is 0 Å². The van der Waals surface area contributed by atoms with E-state index in [-0.39, 0.29) is 21.9 Å². The van der Waals surface area contributed by atoms with Crippen molar-refractivity contribution in [3.8, 4) is 5.75 Å². The average molecular weight is 433 g/mol. The van der Waals surface area contributed by atoms with Crippen LogP contribution in [0.3, 0.4) is 0 Å². The number of sulfone groups is 1. The molecule has 0 spiro atoms. The van der Waals surface area contributed by atoms with Gasteiger partial charge in [-0.1, -0.05) is 13.3 Å². The van der Waals surface area contributed by atoms with Gasteiger partial charge in [-0.25, -0.2) is 13.4 Å². The molecule has 0 saturated carbocycles. The van der Waals surface area contributed by atoms with Gasteiger partial charge in [0.2, 0.25) is 9.84 Å². The zero-order chi connectivity index (χ0) is 21.7. The number of piperidine rings is 1. The Labute approximate surface area is 177 Å². The molecule has 1 aliphatic rings. The molecule has 2 heterocycles. The van der Waals surface area contributed by atoms with Crippen molar-refractivity contribution < 1.29 is 23.1 Å². The summed E-state index contributed by atoms with van der Waals surface area (Å²) in [4.78, 5) is 17.6. The molecule has 2 unspecified atom stereocenters. The summed E-state index contributed by atoms with van der Waals surface area (Å²) in [5.41, 5.74) is 0.736. The SMILES string of the molecule is CCCCOc1ccc(S(=O)(=O)c2cc(N3CCC(C(=O)O)CC3C)ccn2)cc1. The molecule has 30 heavy (non-hydrogen) atoms. The summed E-state index contributed by atoms with van der Waals surface area (Å²) in [6.45, 7) is 5.20. The van der Waals surface area contributed by atoms with Gasteiger partial charge in [0.15, 0.2) is 5.03 Å². The molecule has 2 aromatic rings. The van der Waals surface area contributed by atoms with Crippen LogP contribution in [0.2, 0.25) is 0 Å². The van der Waals surface area contributed by atoms with Crippen LogP contribution in [0.4, 0.5) is 5.69 Å². The minimum absolute atomic E-state index is 0.00245. The van der Waals surface area contributed by atoms with Gasteiger partial charge < -0.3 is 14.7 Å². The number of rotatable bonds is 8. The Morgan fingerprint density at radius 3 is 2.63 bits per heavy atom. The summed E-state index contributed by atoms with van der Waals surface area (Å²) in [6.07, 6.45) is 4.52. The molecule has 7 nitrogen and oxygen atoms in total. The van der Waals surface area contributed by atoms with E-state index in [1.54, 1.807) is 24.3 Å². The monoisotopic (exact) mass is 432 g/mol. The van der Waals surface area contributed by atoms with Crippen LogP contribution in [0, 0.1) is 5.92 Å². The van der Waals surface area contributed by atoms with Crippen LogP contribution in [-0.4, -0.2) is 43.7 Å². The van der Waals surface area contributed by atoms with Crippen molar-refractivity contribution >= 4 is 21.5 Å². The van der Waals surface area contributed by atoms with E-state index in [2.05, 4.69) is 11.9 Å². The number of anilines is 1. The molecule has 0 bridgehead atoms. The number of aromatic nitrogens is 1. The van der Waals surface area contributed by atoms with E-state index < -0.39 is 15.8 Å². The first-order chi connectivity index (χ1) is 14.3. The molecule has 1 N–H and O–H groups in total. The van der Waals surface area contributed by atoms with Crippen LogP contribution in [0.15, 0.2) is 52.5 Å². The van der Waals surface area contributed by atoms with Crippen molar-refractivity contribution in [1.29, 1.82) is 0 Å². The summed E-state index contributed by atoms with van der Waals surface area (Å²) in [5.74, 6) is -0.500. The molecular weight excluding hydrogens is 404 g/mol. The second-order valence-corrected chi connectivity index (χ2v) is 9.53. The molecule has 0 radical (unpaired) electrons. The van der Waals surface area contributed by atoms with Crippen LogP contribution in [-0.2, 0) is 14.6 Å². The predicted molar refractivity (Wildman–Crippen MR) is 114 cm³/mol. The molecule has 0 aliphatic carbocycles. The molecule has 8 heteroatoms. The Morgan fingerprint density at radius 2 is 2.00 bits per heavy atom. The lowest BCUT2D eigenvalue weighted by molar-refractivity contribution is -0.142. The van der Waals surface area contributed by atoms with E-state index in [4.69, 9.17) is 4.74 Å². The van der Waals surface area contributed by atoms with Crippen molar-refractivity contribution in [2.24, 2.45) is 5.92 Å². The first-order valence-electron chi connectivity index (χ1n) is 10.3. The fourth-order valence-corrected chi connectivity index (χ4v) is 4.89. The average Bonchev–Trinajstić information content (AvgIpc) is 2.74. The maximum absolute atomic E-state index is 13.1. The smallest absolute Gasteiger partial charge is 0.306 e. The van der Waals surface area contributed by atoms with Crippen LogP contribution >= 0.6 is 0 Å². The number of aliphatic carboxylic acids is 1. The molecule has 162 valence electrons. The molecule has 1 fully saturated rings. The summed E-state index contributed by atoms with van der Waals surface area (Å²) in [6, 6.07) is 9.71. The summed E-state index contributed by atoms with van der Waals surface area (Å²) in [5, 5.41) is 9.23. The van der Waals surface area contributed by atoms with Crippen LogP contribution in [0.25, 0.3) is 0 Å². The summed E-state index contributed by atoms with van der Waals surface area (Å²) >= 11 is 0. The zero-order valence-corrected chi connectivity index (χ0v) is 18.1. The van der Waals surface area contributed by atoms with E-state index in [0.717, 1.165) is 18.5 Å². The molecule has 1 aromatic heterocycles. The molecule has 3 rings (SSSR count). The van der Waals surface area contributed by atoms with Gasteiger partial charge in [0, 0.05) is 24.5 Å². The fraction of sp³-hybridized carbons (Fsp3) is 0.455. The Bertz CT molecular complexity index is 975. The number of carbonyl (C=O) groups is 1. The molecule has 1 saturated heterocycles. The third-order valence-corrected chi connectivity index (χ3v) is 7.12. The molecule has 2 atom stereocenters. The Morgan fingerprint density at radius 1 is 1.27 bits per heavy atom. The third-order valence-electron chi connectivity index (χ3n) is 5.45. The topological polar surface area (TPSA) is 96.8 Å².